The van der Waals surface area contributed by atoms with E-state index in [2.05, 4.69) is 0 Å². The van der Waals surface area contributed by atoms with Gasteiger partial charge in [-0.15, -0.1) is 0 Å². The molecule has 0 bridgehead atoms. The number of alkyl halides is 3. The Kier molecular flexibility index (Phi) is 5.01. The highest BCUT2D eigenvalue weighted by Gasteiger charge is 2.34. The highest BCUT2D eigenvalue weighted by molar-refractivity contribution is 5.95. The Balaban J connectivity index is 1.70. The van der Waals surface area contributed by atoms with Gasteiger partial charge in [0.25, 0.3) is 5.91 Å². The Morgan fingerprint density at radius 1 is 1.00 bits per heavy atom. The van der Waals surface area contributed by atoms with Crippen molar-refractivity contribution in [3.05, 3.63) is 35.4 Å². The van der Waals surface area contributed by atoms with Gasteiger partial charge in [0, 0.05) is 31.7 Å². The molecule has 25 heavy (non-hydrogen) atoms. The lowest BCUT2D eigenvalue weighted by Gasteiger charge is -2.34. The zero-order valence-electron chi connectivity index (χ0n) is 13.9. The lowest BCUT2D eigenvalue weighted by Crippen LogP contribution is -2.46. The van der Waals surface area contributed by atoms with E-state index in [-0.39, 0.29) is 23.9 Å². The highest BCUT2D eigenvalue weighted by atomic mass is 19.4. The molecule has 2 aliphatic rings. The van der Waals surface area contributed by atoms with Gasteiger partial charge in [0.15, 0.2) is 0 Å². The molecule has 2 saturated heterocycles. The van der Waals surface area contributed by atoms with Gasteiger partial charge in [0.05, 0.1) is 11.5 Å². The molecule has 3 rings (SSSR count). The summed E-state index contributed by atoms with van der Waals surface area (Å²) < 4.78 is 38.5. The lowest BCUT2D eigenvalue weighted by molar-refractivity contribution is -0.137. The largest absolute Gasteiger partial charge is 0.416 e. The van der Waals surface area contributed by atoms with Crippen LogP contribution in [0.2, 0.25) is 0 Å². The van der Waals surface area contributed by atoms with Gasteiger partial charge in [-0.2, -0.15) is 13.2 Å². The van der Waals surface area contributed by atoms with Crippen molar-refractivity contribution in [2.75, 3.05) is 26.2 Å². The summed E-state index contributed by atoms with van der Waals surface area (Å²) in [6.07, 6.45) is -1.06. The third-order valence-electron chi connectivity index (χ3n) is 4.91. The molecule has 0 aromatic heterocycles. The van der Waals surface area contributed by atoms with Crippen LogP contribution in [0.1, 0.15) is 41.6 Å². The molecular formula is C18H21F3N2O2. The molecule has 0 unspecified atom stereocenters. The van der Waals surface area contributed by atoms with Crippen LogP contribution in [0.5, 0.6) is 0 Å². The van der Waals surface area contributed by atoms with Gasteiger partial charge in [0.1, 0.15) is 0 Å². The Morgan fingerprint density at radius 2 is 1.68 bits per heavy atom. The van der Waals surface area contributed by atoms with E-state index in [0.29, 0.717) is 13.0 Å². The Labute approximate surface area is 144 Å². The molecule has 7 heteroatoms. The average Bonchev–Trinajstić information content (AvgIpc) is 3.14. The minimum absolute atomic E-state index is 0.0177. The first-order valence-corrected chi connectivity index (χ1v) is 8.61. The number of rotatable bonds is 2. The van der Waals surface area contributed by atoms with Crippen molar-refractivity contribution >= 4 is 11.8 Å². The standard InChI is InChI=1S/C18H21F3N2O2/c19-18(20,21)15-7-3-5-13(11-15)16(24)23-10-4-6-14(12-23)17(25)22-8-1-2-9-22/h3,5,7,11,14H,1-2,4,6,8-10,12H2/t14-/m1/s1. The number of nitrogens with zero attached hydrogens (tertiary/aromatic N) is 2. The minimum Gasteiger partial charge on any atom is -0.342 e. The lowest BCUT2D eigenvalue weighted by atomic mass is 9.95. The first-order valence-electron chi connectivity index (χ1n) is 8.61. The molecule has 136 valence electrons. The topological polar surface area (TPSA) is 40.6 Å². The number of likely N-dealkylation sites (tertiary alicyclic amines) is 2. The van der Waals surface area contributed by atoms with E-state index >= 15 is 0 Å². The molecule has 0 radical (unpaired) electrons. The fourth-order valence-corrected chi connectivity index (χ4v) is 3.57. The van der Waals surface area contributed by atoms with Crippen LogP contribution in [0, 0.1) is 5.92 Å². The van der Waals surface area contributed by atoms with Gasteiger partial charge < -0.3 is 9.80 Å². The van der Waals surface area contributed by atoms with Gasteiger partial charge in [-0.25, -0.2) is 0 Å². The van der Waals surface area contributed by atoms with E-state index in [0.717, 1.165) is 44.5 Å². The van der Waals surface area contributed by atoms with E-state index in [9.17, 15) is 22.8 Å². The van der Waals surface area contributed by atoms with Crippen molar-refractivity contribution in [3.8, 4) is 0 Å². The molecule has 1 aromatic rings. The smallest absolute Gasteiger partial charge is 0.342 e. The number of carbonyl (C=O) groups excluding carboxylic acids is 2. The van der Waals surface area contributed by atoms with Crippen LogP contribution in [0.15, 0.2) is 24.3 Å². The molecule has 1 aromatic carbocycles. The quantitative estimate of drug-likeness (QED) is 0.818. The zero-order chi connectivity index (χ0) is 18.0. The summed E-state index contributed by atoms with van der Waals surface area (Å²) in [6, 6.07) is 4.47. The number of piperidine rings is 1. The second-order valence-corrected chi connectivity index (χ2v) is 6.70. The second-order valence-electron chi connectivity index (χ2n) is 6.70. The van der Waals surface area contributed by atoms with Crippen LogP contribution < -0.4 is 0 Å². The van der Waals surface area contributed by atoms with E-state index in [1.54, 1.807) is 0 Å². The number of hydrogen-bond donors (Lipinski definition) is 0. The fraction of sp³-hybridized carbons (Fsp3) is 0.556. The normalized spacial score (nSPS) is 21.5. The molecule has 2 amide bonds. The predicted molar refractivity (Wildman–Crippen MR) is 85.9 cm³/mol. The van der Waals surface area contributed by atoms with Crippen molar-refractivity contribution in [2.45, 2.75) is 31.9 Å². The summed E-state index contributed by atoms with van der Waals surface area (Å²) >= 11 is 0. The predicted octanol–water partition coefficient (Wildman–Crippen LogP) is 3.18. The summed E-state index contributed by atoms with van der Waals surface area (Å²) in [5.41, 5.74) is -0.816. The van der Waals surface area contributed by atoms with E-state index in [1.807, 2.05) is 4.90 Å². The average molecular weight is 354 g/mol. The maximum Gasteiger partial charge on any atom is 0.416 e. The van der Waals surface area contributed by atoms with Crippen LogP contribution in [-0.4, -0.2) is 47.8 Å². The van der Waals surface area contributed by atoms with Crippen molar-refractivity contribution in [1.82, 2.24) is 9.80 Å². The van der Waals surface area contributed by atoms with Gasteiger partial charge in [-0.05, 0) is 43.9 Å². The summed E-state index contributed by atoms with van der Waals surface area (Å²) in [6.45, 7) is 2.27. The van der Waals surface area contributed by atoms with Crippen molar-refractivity contribution in [1.29, 1.82) is 0 Å². The molecule has 0 spiro atoms. The summed E-state index contributed by atoms with van der Waals surface area (Å²) in [7, 11) is 0. The summed E-state index contributed by atoms with van der Waals surface area (Å²) in [4.78, 5) is 28.5. The molecule has 1 atom stereocenters. The minimum atomic E-state index is -4.48. The number of halogens is 3. The summed E-state index contributed by atoms with van der Waals surface area (Å²) in [5, 5.41) is 0. The van der Waals surface area contributed by atoms with Crippen molar-refractivity contribution in [2.24, 2.45) is 5.92 Å². The van der Waals surface area contributed by atoms with Crippen LogP contribution >= 0.6 is 0 Å². The third kappa shape index (κ3) is 3.96. The van der Waals surface area contributed by atoms with Gasteiger partial charge >= 0.3 is 6.18 Å². The SMILES string of the molecule is O=C(c1cccc(C(F)(F)F)c1)N1CCC[C@@H](C(=O)N2CCCC2)C1. The van der Waals surface area contributed by atoms with Crippen molar-refractivity contribution in [3.63, 3.8) is 0 Å². The first kappa shape index (κ1) is 17.8. The molecule has 0 N–H and O–H groups in total. The Hall–Kier alpha value is -2.05. The Bertz CT molecular complexity index is 654. The van der Waals surface area contributed by atoms with Crippen LogP contribution in [0.25, 0.3) is 0 Å². The third-order valence-corrected chi connectivity index (χ3v) is 4.91. The van der Waals surface area contributed by atoms with E-state index in [1.165, 1.54) is 17.0 Å². The van der Waals surface area contributed by atoms with E-state index in [4.69, 9.17) is 0 Å². The Morgan fingerprint density at radius 3 is 2.36 bits per heavy atom. The zero-order valence-corrected chi connectivity index (χ0v) is 13.9. The number of benzene rings is 1. The van der Waals surface area contributed by atoms with Crippen LogP contribution in [0.3, 0.4) is 0 Å². The van der Waals surface area contributed by atoms with Gasteiger partial charge in [-0.1, -0.05) is 6.07 Å². The molecule has 0 aliphatic carbocycles. The van der Waals surface area contributed by atoms with Crippen LogP contribution in [-0.2, 0) is 11.0 Å². The van der Waals surface area contributed by atoms with Crippen molar-refractivity contribution < 1.29 is 22.8 Å². The second kappa shape index (κ2) is 7.06. The molecular weight excluding hydrogens is 333 g/mol. The summed E-state index contributed by atoms with van der Waals surface area (Å²) in [5.74, 6) is -0.620. The van der Waals surface area contributed by atoms with Gasteiger partial charge in [-0.3, -0.25) is 9.59 Å². The maximum atomic E-state index is 12.8. The van der Waals surface area contributed by atoms with Gasteiger partial charge in [0.2, 0.25) is 5.91 Å². The maximum absolute atomic E-state index is 12.8. The molecule has 2 fully saturated rings. The monoisotopic (exact) mass is 354 g/mol. The molecule has 4 nitrogen and oxygen atoms in total. The highest BCUT2D eigenvalue weighted by Crippen LogP contribution is 2.30. The fourth-order valence-electron chi connectivity index (χ4n) is 3.57. The number of carbonyl (C=O) groups is 2. The molecule has 2 aliphatic heterocycles. The number of amides is 2. The number of hydrogen-bond acceptors (Lipinski definition) is 2. The van der Waals surface area contributed by atoms with E-state index < -0.39 is 17.6 Å². The molecule has 0 saturated carbocycles. The molecule has 2 heterocycles. The van der Waals surface area contributed by atoms with Crippen LogP contribution in [0.4, 0.5) is 13.2 Å². The first-order chi connectivity index (χ1) is 11.9.